The van der Waals surface area contributed by atoms with Crippen LogP contribution in [0.25, 0.3) is 0 Å². The lowest BCUT2D eigenvalue weighted by Crippen LogP contribution is -2.54. The van der Waals surface area contributed by atoms with Crippen molar-refractivity contribution in [3.05, 3.63) is 42.0 Å². The number of imide groups is 1. The number of ether oxygens (including phenoxy) is 1. The van der Waals surface area contributed by atoms with Crippen molar-refractivity contribution in [3.63, 3.8) is 0 Å². The van der Waals surface area contributed by atoms with E-state index in [0.717, 1.165) is 55.0 Å². The monoisotopic (exact) mass is 626 g/mol. The van der Waals surface area contributed by atoms with Crippen molar-refractivity contribution >= 4 is 41.2 Å². The highest BCUT2D eigenvalue weighted by Gasteiger charge is 2.35. The zero-order valence-corrected chi connectivity index (χ0v) is 27.3. The van der Waals surface area contributed by atoms with Crippen LogP contribution in [0.2, 0.25) is 0 Å². The van der Waals surface area contributed by atoms with Gasteiger partial charge in [0.15, 0.2) is 6.54 Å². The minimum absolute atomic E-state index is 0.0930. The Morgan fingerprint density at radius 3 is 2.04 bits per heavy atom. The molecule has 1 saturated heterocycles. The molecule has 45 heavy (non-hydrogen) atoms. The van der Waals surface area contributed by atoms with Crippen molar-refractivity contribution < 1.29 is 38.0 Å². The van der Waals surface area contributed by atoms with E-state index in [1.165, 1.54) is 0 Å². The number of likely N-dealkylation sites (tertiary alicyclic amines) is 1. The number of hydrogen-bond donors (Lipinski definition) is 3. The van der Waals surface area contributed by atoms with Gasteiger partial charge in [0.25, 0.3) is 11.8 Å². The van der Waals surface area contributed by atoms with Crippen LogP contribution in [-0.2, 0) is 40.0 Å². The molecule has 0 spiro atoms. The Morgan fingerprint density at radius 2 is 1.49 bits per heavy atom. The number of rotatable bonds is 13. The summed E-state index contributed by atoms with van der Waals surface area (Å²) in [5, 5.41) is 8.13. The predicted molar refractivity (Wildman–Crippen MR) is 168 cm³/mol. The molecule has 3 rings (SSSR count). The topological polar surface area (TPSA) is 151 Å². The third-order valence-electron chi connectivity index (χ3n) is 7.87. The van der Waals surface area contributed by atoms with E-state index in [-0.39, 0.29) is 24.9 Å². The summed E-state index contributed by atoms with van der Waals surface area (Å²) in [5.74, 6) is -2.88. The van der Waals surface area contributed by atoms with Gasteiger partial charge < -0.3 is 25.2 Å². The lowest BCUT2D eigenvalue weighted by atomic mass is 10.0. The van der Waals surface area contributed by atoms with E-state index in [2.05, 4.69) is 16.0 Å². The number of hydrogen-bond acceptors (Lipinski definition) is 7. The summed E-state index contributed by atoms with van der Waals surface area (Å²) in [6, 6.07) is 5.67. The van der Waals surface area contributed by atoms with Gasteiger partial charge in [0.1, 0.15) is 24.2 Å². The molecule has 1 aromatic carbocycles. The summed E-state index contributed by atoms with van der Waals surface area (Å²) < 4.78 is 6.26. The molecule has 246 valence electrons. The minimum Gasteiger partial charge on any atom is -0.456 e. The molecule has 1 fully saturated rings. The third kappa shape index (κ3) is 10.8. The summed E-state index contributed by atoms with van der Waals surface area (Å²) in [5.41, 5.74) is 1.08. The molecule has 0 saturated carbocycles. The van der Waals surface area contributed by atoms with Crippen molar-refractivity contribution in [2.24, 2.45) is 5.92 Å². The van der Waals surface area contributed by atoms with Crippen LogP contribution in [0.4, 0.5) is 5.69 Å². The van der Waals surface area contributed by atoms with Crippen LogP contribution in [0.1, 0.15) is 72.8 Å². The van der Waals surface area contributed by atoms with Crippen LogP contribution in [0, 0.1) is 5.92 Å². The normalized spacial score (nSPS) is 17.5. The van der Waals surface area contributed by atoms with Gasteiger partial charge in [0.05, 0.1) is 13.1 Å². The maximum Gasteiger partial charge on any atom is 0.362 e. The van der Waals surface area contributed by atoms with Gasteiger partial charge in [-0.05, 0) is 65.0 Å². The van der Waals surface area contributed by atoms with Gasteiger partial charge >= 0.3 is 5.97 Å². The average Bonchev–Trinajstić information content (AvgIpc) is 3.27. The van der Waals surface area contributed by atoms with Crippen molar-refractivity contribution in [1.82, 2.24) is 15.5 Å². The Bertz CT molecular complexity index is 1280. The number of piperidine rings is 1. The summed E-state index contributed by atoms with van der Waals surface area (Å²) in [6.45, 7) is 13.4. The fourth-order valence-corrected chi connectivity index (χ4v) is 5.55. The van der Waals surface area contributed by atoms with E-state index in [9.17, 15) is 28.8 Å². The van der Waals surface area contributed by atoms with E-state index < -0.39 is 47.2 Å². The highest BCUT2D eigenvalue weighted by atomic mass is 16.6. The second-order valence-electron chi connectivity index (χ2n) is 13.4. The van der Waals surface area contributed by atoms with E-state index >= 15 is 0 Å². The minimum atomic E-state index is -0.916. The molecule has 2 aliphatic heterocycles. The lowest BCUT2D eigenvalue weighted by molar-refractivity contribution is -0.938. The van der Waals surface area contributed by atoms with E-state index in [1.807, 2.05) is 32.9 Å². The summed E-state index contributed by atoms with van der Waals surface area (Å²) in [6.07, 6.45) is 5.40. The van der Waals surface area contributed by atoms with Crippen molar-refractivity contribution in [1.29, 1.82) is 0 Å². The van der Waals surface area contributed by atoms with Gasteiger partial charge in [-0.15, -0.1) is 0 Å². The molecule has 0 bridgehead atoms. The molecule has 2 aliphatic rings. The summed E-state index contributed by atoms with van der Waals surface area (Å²) in [4.78, 5) is 75.5. The number of quaternary nitrogens is 1. The summed E-state index contributed by atoms with van der Waals surface area (Å²) in [7, 11) is 0. The molecule has 0 unspecified atom stereocenters. The Balaban J connectivity index is 1.53. The molecule has 5 amide bonds. The van der Waals surface area contributed by atoms with Crippen molar-refractivity contribution in [2.45, 2.75) is 91.5 Å². The molecule has 1 aromatic rings. The smallest absolute Gasteiger partial charge is 0.362 e. The molecule has 3 N–H and O–H groups in total. The number of carbonyl (C=O) groups excluding carboxylic acids is 6. The molecule has 0 aromatic heterocycles. The molecule has 2 atom stereocenters. The first-order valence-electron chi connectivity index (χ1n) is 15.7. The molecular weight excluding hydrogens is 578 g/mol. The third-order valence-corrected chi connectivity index (χ3v) is 7.87. The van der Waals surface area contributed by atoms with Crippen LogP contribution >= 0.6 is 0 Å². The fraction of sp³-hybridized carbons (Fsp3) is 0.576. The highest BCUT2D eigenvalue weighted by molar-refractivity contribution is 6.13. The standard InChI is InChI=1S/C33H47N5O7/c1-22(2)30(36-26(39)16-17-37-27(40)14-15-28(37)41)32(44)34-23(3)31(43)35-25-12-10-24(11-13-25)20-38(18-8-7-9-19-38)21-29(42)45-33(4,5)6/h10-15,22-23,30H,7-9,16-21H2,1-6H3,(H2-,34,35,36,39,43,44)/p+1/t23-,30-/m0/s1. The zero-order valence-electron chi connectivity index (χ0n) is 27.3. The Labute approximate surface area is 265 Å². The van der Waals surface area contributed by atoms with Gasteiger partial charge in [0, 0.05) is 36.4 Å². The lowest BCUT2D eigenvalue weighted by Gasteiger charge is -2.41. The molecule has 12 heteroatoms. The maximum absolute atomic E-state index is 13.0. The van der Waals surface area contributed by atoms with E-state index in [4.69, 9.17) is 4.74 Å². The maximum atomic E-state index is 13.0. The molecule has 0 radical (unpaired) electrons. The molecule has 0 aliphatic carbocycles. The van der Waals surface area contributed by atoms with Gasteiger partial charge in [-0.1, -0.05) is 26.0 Å². The largest absolute Gasteiger partial charge is 0.456 e. The molecule has 12 nitrogen and oxygen atoms in total. The second-order valence-corrected chi connectivity index (χ2v) is 13.4. The first-order chi connectivity index (χ1) is 21.1. The molecular formula is C33H48N5O7+. The van der Waals surface area contributed by atoms with E-state index in [0.29, 0.717) is 23.3 Å². The van der Waals surface area contributed by atoms with Crippen LogP contribution < -0.4 is 16.0 Å². The first kappa shape index (κ1) is 35.4. The number of esters is 1. The second kappa shape index (κ2) is 15.3. The SMILES string of the molecule is CC(C)[C@H](NC(=O)CCN1C(=O)C=CC1=O)C(=O)N[C@@H](C)C(=O)Nc1ccc(C[N+]2(CC(=O)OC(C)(C)C)CCCCC2)cc1. The van der Waals surface area contributed by atoms with Gasteiger partial charge in [-0.3, -0.25) is 28.9 Å². The fourth-order valence-electron chi connectivity index (χ4n) is 5.55. The average molecular weight is 627 g/mol. The number of anilines is 1. The van der Waals surface area contributed by atoms with Crippen molar-refractivity contribution in [2.75, 3.05) is 31.5 Å². The van der Waals surface area contributed by atoms with E-state index in [1.54, 1.807) is 32.9 Å². The van der Waals surface area contributed by atoms with Crippen molar-refractivity contribution in [3.8, 4) is 0 Å². The predicted octanol–water partition coefficient (Wildman–Crippen LogP) is 2.43. The highest BCUT2D eigenvalue weighted by Crippen LogP contribution is 2.24. The number of nitrogens with one attached hydrogen (secondary N) is 3. The van der Waals surface area contributed by atoms with Crippen LogP contribution in [0.15, 0.2) is 36.4 Å². The number of benzene rings is 1. The van der Waals surface area contributed by atoms with Gasteiger partial charge in [0.2, 0.25) is 17.7 Å². The summed E-state index contributed by atoms with van der Waals surface area (Å²) >= 11 is 0. The van der Waals surface area contributed by atoms with Gasteiger partial charge in [-0.2, -0.15) is 0 Å². The zero-order chi connectivity index (χ0) is 33.4. The number of carbonyl (C=O) groups is 6. The van der Waals surface area contributed by atoms with Crippen LogP contribution in [-0.4, -0.2) is 88.8 Å². The first-order valence-corrected chi connectivity index (χ1v) is 15.7. The molecule has 2 heterocycles. The van der Waals surface area contributed by atoms with Crippen LogP contribution in [0.5, 0.6) is 0 Å². The Kier molecular flexibility index (Phi) is 12.0. The number of nitrogens with zero attached hydrogens (tertiary/aromatic N) is 2. The Hall–Kier alpha value is -4.06. The number of amides is 5. The quantitative estimate of drug-likeness (QED) is 0.173. The van der Waals surface area contributed by atoms with Crippen LogP contribution in [0.3, 0.4) is 0 Å². The van der Waals surface area contributed by atoms with Gasteiger partial charge in [-0.25, -0.2) is 4.79 Å². The Morgan fingerprint density at radius 1 is 0.889 bits per heavy atom.